The molecule has 0 bridgehead atoms. The van der Waals surface area contributed by atoms with Gasteiger partial charge in [0, 0.05) is 19.3 Å². The van der Waals surface area contributed by atoms with Gasteiger partial charge in [-0.25, -0.2) is 0 Å². The fourth-order valence-electron chi connectivity index (χ4n) is 3.11. The van der Waals surface area contributed by atoms with E-state index in [1.54, 1.807) is 10.9 Å². The standard InChI is InChI=1S/C17H24N4O5/c22-13-12(14(23)16(25)17(26)15(13)24)18-8-11-9-21(20-19-11)7-6-10-4-2-1-3-5-10/h1-5,9,12-18,22-26H,6-8H2/t12?,13-,14+,15+,16-,17?. The van der Waals surface area contributed by atoms with Gasteiger partial charge in [-0.05, 0) is 12.0 Å². The highest BCUT2D eigenvalue weighted by Crippen LogP contribution is 2.21. The highest BCUT2D eigenvalue weighted by molar-refractivity contribution is 5.14. The van der Waals surface area contributed by atoms with E-state index < -0.39 is 36.6 Å². The van der Waals surface area contributed by atoms with Gasteiger partial charge in [-0.2, -0.15) is 0 Å². The van der Waals surface area contributed by atoms with Crippen molar-refractivity contribution in [2.75, 3.05) is 0 Å². The van der Waals surface area contributed by atoms with Crippen molar-refractivity contribution in [1.29, 1.82) is 0 Å². The first-order chi connectivity index (χ1) is 12.5. The highest BCUT2D eigenvalue weighted by Gasteiger charge is 2.47. The van der Waals surface area contributed by atoms with Crippen molar-refractivity contribution in [3.8, 4) is 0 Å². The molecule has 9 nitrogen and oxygen atoms in total. The van der Waals surface area contributed by atoms with Gasteiger partial charge in [0.15, 0.2) is 0 Å². The molecular formula is C17H24N4O5. The molecule has 2 aromatic rings. The molecule has 6 atom stereocenters. The van der Waals surface area contributed by atoms with Crippen molar-refractivity contribution < 1.29 is 25.5 Å². The normalized spacial score (nSPS) is 31.9. The average Bonchev–Trinajstić information content (AvgIpc) is 3.12. The highest BCUT2D eigenvalue weighted by atomic mass is 16.4. The largest absolute Gasteiger partial charge is 0.389 e. The Kier molecular flexibility index (Phi) is 5.97. The first kappa shape index (κ1) is 18.9. The number of nitrogens with zero attached hydrogens (tertiary/aromatic N) is 3. The lowest BCUT2D eigenvalue weighted by Crippen LogP contribution is -2.67. The zero-order chi connectivity index (χ0) is 18.7. The van der Waals surface area contributed by atoms with Gasteiger partial charge < -0.3 is 30.8 Å². The third kappa shape index (κ3) is 4.09. The van der Waals surface area contributed by atoms with E-state index in [2.05, 4.69) is 15.6 Å². The van der Waals surface area contributed by atoms with Crippen LogP contribution < -0.4 is 5.32 Å². The van der Waals surface area contributed by atoms with Gasteiger partial charge in [0.1, 0.15) is 30.5 Å². The summed E-state index contributed by atoms with van der Waals surface area (Å²) in [4.78, 5) is 0. The van der Waals surface area contributed by atoms with E-state index in [1.165, 1.54) is 5.56 Å². The lowest BCUT2D eigenvalue weighted by atomic mass is 9.83. The van der Waals surface area contributed by atoms with Gasteiger partial charge in [-0.3, -0.25) is 4.68 Å². The Morgan fingerprint density at radius 3 is 2.15 bits per heavy atom. The number of aromatic nitrogens is 3. The van der Waals surface area contributed by atoms with E-state index >= 15 is 0 Å². The third-order valence-electron chi connectivity index (χ3n) is 4.71. The Morgan fingerprint density at radius 1 is 0.885 bits per heavy atom. The van der Waals surface area contributed by atoms with Crippen LogP contribution in [0.3, 0.4) is 0 Å². The molecule has 1 aliphatic carbocycles. The smallest absolute Gasteiger partial charge is 0.111 e. The minimum Gasteiger partial charge on any atom is -0.389 e. The van der Waals surface area contributed by atoms with Crippen molar-refractivity contribution >= 4 is 0 Å². The zero-order valence-corrected chi connectivity index (χ0v) is 14.1. The number of aryl methyl sites for hydroxylation is 2. The van der Waals surface area contributed by atoms with Gasteiger partial charge in [-0.1, -0.05) is 35.5 Å². The lowest BCUT2D eigenvalue weighted by molar-refractivity contribution is -0.190. The Labute approximate surface area is 150 Å². The van der Waals surface area contributed by atoms with E-state index in [0.29, 0.717) is 12.2 Å². The molecule has 0 amide bonds. The van der Waals surface area contributed by atoms with E-state index in [4.69, 9.17) is 0 Å². The molecule has 2 unspecified atom stereocenters. The van der Waals surface area contributed by atoms with Crippen LogP contribution in [0.4, 0.5) is 0 Å². The van der Waals surface area contributed by atoms with Crippen molar-refractivity contribution in [2.45, 2.75) is 56.1 Å². The molecular weight excluding hydrogens is 340 g/mol. The molecule has 1 aromatic carbocycles. The number of aliphatic hydroxyl groups is 5. The van der Waals surface area contributed by atoms with Crippen molar-refractivity contribution in [3.05, 3.63) is 47.8 Å². The number of hydrogen-bond acceptors (Lipinski definition) is 8. The monoisotopic (exact) mass is 364 g/mol. The van der Waals surface area contributed by atoms with Crippen LogP contribution in [-0.4, -0.2) is 77.1 Å². The molecule has 6 N–H and O–H groups in total. The summed E-state index contributed by atoms with van der Waals surface area (Å²) in [5.74, 6) is 0. The van der Waals surface area contributed by atoms with Crippen LogP contribution in [0.15, 0.2) is 36.5 Å². The molecule has 1 aromatic heterocycles. The summed E-state index contributed by atoms with van der Waals surface area (Å²) in [5, 5.41) is 60.0. The molecule has 1 heterocycles. The van der Waals surface area contributed by atoms with Gasteiger partial charge in [0.05, 0.1) is 11.7 Å². The Balaban J connectivity index is 1.54. The third-order valence-corrected chi connectivity index (χ3v) is 4.71. The lowest BCUT2D eigenvalue weighted by Gasteiger charge is -2.42. The molecule has 0 radical (unpaired) electrons. The van der Waals surface area contributed by atoms with Crippen LogP contribution in [0.25, 0.3) is 0 Å². The van der Waals surface area contributed by atoms with Crippen molar-refractivity contribution in [1.82, 2.24) is 20.3 Å². The maximum atomic E-state index is 10.0. The molecule has 1 aliphatic rings. The number of benzene rings is 1. The average molecular weight is 364 g/mol. The fraction of sp³-hybridized carbons (Fsp3) is 0.529. The summed E-state index contributed by atoms with van der Waals surface area (Å²) in [6.45, 7) is 0.842. The summed E-state index contributed by atoms with van der Waals surface area (Å²) in [6.07, 6.45) is -4.98. The molecule has 1 fully saturated rings. The molecule has 142 valence electrons. The fourth-order valence-corrected chi connectivity index (χ4v) is 3.11. The minimum absolute atomic E-state index is 0.180. The predicted molar refractivity (Wildman–Crippen MR) is 90.8 cm³/mol. The Bertz CT molecular complexity index is 681. The van der Waals surface area contributed by atoms with E-state index in [9.17, 15) is 25.5 Å². The number of nitrogens with one attached hydrogen (secondary N) is 1. The summed E-state index contributed by atoms with van der Waals surface area (Å²) in [5.41, 5.74) is 1.78. The van der Waals surface area contributed by atoms with Crippen LogP contribution in [-0.2, 0) is 19.5 Å². The molecule has 0 aliphatic heterocycles. The maximum absolute atomic E-state index is 10.0. The summed E-state index contributed by atoms with van der Waals surface area (Å²) >= 11 is 0. The molecule has 3 rings (SSSR count). The first-order valence-corrected chi connectivity index (χ1v) is 8.54. The Morgan fingerprint density at radius 2 is 1.50 bits per heavy atom. The zero-order valence-electron chi connectivity index (χ0n) is 14.1. The van der Waals surface area contributed by atoms with Crippen LogP contribution >= 0.6 is 0 Å². The molecule has 1 saturated carbocycles. The van der Waals surface area contributed by atoms with Crippen LogP contribution in [0, 0.1) is 0 Å². The SMILES string of the molecule is OC1[C@@H](O)[C@H](O)C(NCc2cn(CCc3ccccc3)nn2)[C@H](O)[C@H]1O. The van der Waals surface area contributed by atoms with Crippen LogP contribution in [0.2, 0.25) is 0 Å². The Hall–Kier alpha value is -1.88. The van der Waals surface area contributed by atoms with Gasteiger partial charge in [0.25, 0.3) is 0 Å². The molecule has 0 saturated heterocycles. The molecule has 0 spiro atoms. The second-order valence-corrected chi connectivity index (χ2v) is 6.57. The quantitative estimate of drug-likeness (QED) is 0.339. The second kappa shape index (κ2) is 8.21. The minimum atomic E-state index is -1.60. The predicted octanol–water partition coefficient (Wildman–Crippen LogP) is -2.20. The van der Waals surface area contributed by atoms with Gasteiger partial charge in [-0.15, -0.1) is 5.10 Å². The molecule has 9 heteroatoms. The topological polar surface area (TPSA) is 144 Å². The summed E-state index contributed by atoms with van der Waals surface area (Å²) < 4.78 is 1.70. The number of aliphatic hydroxyl groups excluding tert-OH is 5. The van der Waals surface area contributed by atoms with Crippen molar-refractivity contribution in [2.24, 2.45) is 0 Å². The first-order valence-electron chi connectivity index (χ1n) is 8.54. The maximum Gasteiger partial charge on any atom is 0.111 e. The van der Waals surface area contributed by atoms with E-state index in [-0.39, 0.29) is 6.54 Å². The number of rotatable bonds is 6. The van der Waals surface area contributed by atoms with Gasteiger partial charge >= 0.3 is 0 Å². The van der Waals surface area contributed by atoms with Crippen LogP contribution in [0.5, 0.6) is 0 Å². The van der Waals surface area contributed by atoms with E-state index in [1.807, 2.05) is 30.3 Å². The van der Waals surface area contributed by atoms with E-state index in [0.717, 1.165) is 6.42 Å². The second-order valence-electron chi connectivity index (χ2n) is 6.57. The molecule has 26 heavy (non-hydrogen) atoms. The van der Waals surface area contributed by atoms with Crippen molar-refractivity contribution in [3.63, 3.8) is 0 Å². The summed E-state index contributed by atoms with van der Waals surface area (Å²) in [7, 11) is 0. The van der Waals surface area contributed by atoms with Crippen LogP contribution in [0.1, 0.15) is 11.3 Å². The number of hydrogen-bond donors (Lipinski definition) is 6. The summed E-state index contributed by atoms with van der Waals surface area (Å²) in [6, 6.07) is 8.99. The van der Waals surface area contributed by atoms with Gasteiger partial charge in [0.2, 0.25) is 0 Å².